The van der Waals surface area contributed by atoms with E-state index in [2.05, 4.69) is 10.1 Å². The highest BCUT2D eigenvalue weighted by Gasteiger charge is 2.35. The third kappa shape index (κ3) is 4.16. The van der Waals surface area contributed by atoms with Crippen molar-refractivity contribution in [3.05, 3.63) is 41.5 Å². The first-order valence-electron chi connectivity index (χ1n) is 9.65. The van der Waals surface area contributed by atoms with E-state index in [1.807, 2.05) is 26.0 Å². The van der Waals surface area contributed by atoms with Crippen molar-refractivity contribution in [2.75, 3.05) is 26.2 Å². The molecule has 3 rings (SSSR count). The molecule has 1 aliphatic rings. The fourth-order valence-electron chi connectivity index (χ4n) is 3.43. The van der Waals surface area contributed by atoms with Crippen LogP contribution in [0.5, 0.6) is 5.75 Å². The van der Waals surface area contributed by atoms with Crippen molar-refractivity contribution in [1.82, 2.24) is 19.9 Å². The van der Waals surface area contributed by atoms with Crippen LogP contribution in [0.15, 0.2) is 28.8 Å². The van der Waals surface area contributed by atoms with Gasteiger partial charge in [-0.2, -0.15) is 4.98 Å². The highest BCUT2D eigenvalue weighted by atomic mass is 16.5. The number of rotatable bonds is 5. The number of carbonyl (C=O) groups excluding carboxylic acids is 2. The van der Waals surface area contributed by atoms with Gasteiger partial charge in [-0.15, -0.1) is 0 Å². The van der Waals surface area contributed by atoms with Crippen molar-refractivity contribution in [3.63, 3.8) is 0 Å². The molecule has 1 fully saturated rings. The molecule has 28 heavy (non-hydrogen) atoms. The molecule has 1 saturated heterocycles. The smallest absolute Gasteiger partial charge is 0.257 e. The highest BCUT2D eigenvalue weighted by molar-refractivity contribution is 5.97. The molecule has 0 saturated carbocycles. The fourth-order valence-corrected chi connectivity index (χ4v) is 3.43. The Kier molecular flexibility index (Phi) is 6.28. The zero-order valence-electron chi connectivity index (χ0n) is 16.6. The van der Waals surface area contributed by atoms with Gasteiger partial charge in [0.1, 0.15) is 11.8 Å². The van der Waals surface area contributed by atoms with Crippen molar-refractivity contribution in [2.24, 2.45) is 0 Å². The van der Waals surface area contributed by atoms with Crippen LogP contribution >= 0.6 is 0 Å². The largest absolute Gasteiger partial charge is 0.493 e. The molecule has 0 N–H and O–H groups in total. The van der Waals surface area contributed by atoms with E-state index < -0.39 is 6.04 Å². The first kappa shape index (κ1) is 19.9. The van der Waals surface area contributed by atoms with Crippen LogP contribution in [0.1, 0.15) is 54.8 Å². The maximum Gasteiger partial charge on any atom is 0.257 e. The summed E-state index contributed by atoms with van der Waals surface area (Å²) in [5.74, 6) is 1.30. The van der Waals surface area contributed by atoms with Gasteiger partial charge in [-0.05, 0) is 32.4 Å². The van der Waals surface area contributed by atoms with Crippen molar-refractivity contribution in [1.29, 1.82) is 0 Å². The summed E-state index contributed by atoms with van der Waals surface area (Å²) in [5.41, 5.74) is 0.514. The Labute approximate surface area is 164 Å². The van der Waals surface area contributed by atoms with E-state index in [1.165, 1.54) is 0 Å². The minimum Gasteiger partial charge on any atom is -0.493 e. The Hall–Kier alpha value is -2.90. The molecule has 1 aliphatic heterocycles. The average Bonchev–Trinajstić information content (AvgIpc) is 3.01. The Morgan fingerprint density at radius 2 is 2.04 bits per heavy atom. The number of aryl methyl sites for hydroxylation is 1. The number of ether oxygens (including phenoxy) is 1. The van der Waals surface area contributed by atoms with Gasteiger partial charge in [0.05, 0.1) is 18.7 Å². The normalized spacial score (nSPS) is 17.3. The lowest BCUT2D eigenvalue weighted by atomic mass is 10.1. The van der Waals surface area contributed by atoms with Gasteiger partial charge in [-0.25, -0.2) is 0 Å². The lowest BCUT2D eigenvalue weighted by molar-refractivity contribution is -0.133. The molecule has 1 aromatic heterocycles. The minimum atomic E-state index is -0.459. The molecule has 8 nitrogen and oxygen atoms in total. The number of aromatic nitrogens is 2. The van der Waals surface area contributed by atoms with Crippen LogP contribution in [-0.4, -0.2) is 58.0 Å². The number of hydrogen-bond acceptors (Lipinski definition) is 6. The van der Waals surface area contributed by atoms with Crippen molar-refractivity contribution in [3.8, 4) is 5.75 Å². The van der Waals surface area contributed by atoms with Gasteiger partial charge in [0.25, 0.3) is 11.8 Å². The molecule has 1 aromatic carbocycles. The maximum absolute atomic E-state index is 13.3. The molecule has 0 aliphatic carbocycles. The van der Waals surface area contributed by atoms with Crippen molar-refractivity contribution >= 4 is 11.8 Å². The summed E-state index contributed by atoms with van der Waals surface area (Å²) >= 11 is 0. The van der Waals surface area contributed by atoms with Crippen molar-refractivity contribution < 1.29 is 18.8 Å². The number of nitrogens with zero attached hydrogens (tertiary/aromatic N) is 4. The third-order valence-corrected chi connectivity index (χ3v) is 4.75. The van der Waals surface area contributed by atoms with Gasteiger partial charge in [-0.1, -0.05) is 24.2 Å². The van der Waals surface area contributed by atoms with E-state index in [9.17, 15) is 9.59 Å². The predicted octanol–water partition coefficient (Wildman–Crippen LogP) is 2.60. The molecule has 2 heterocycles. The fraction of sp³-hybridized carbons (Fsp3) is 0.500. The molecule has 1 atom stereocenters. The lowest BCUT2D eigenvalue weighted by Gasteiger charge is -2.29. The molecular formula is C20H26N4O4. The number of carbonyl (C=O) groups is 2. The third-order valence-electron chi connectivity index (χ3n) is 4.75. The highest BCUT2D eigenvalue weighted by Crippen LogP contribution is 2.27. The first-order chi connectivity index (χ1) is 13.5. The first-order valence-corrected chi connectivity index (χ1v) is 9.65. The zero-order chi connectivity index (χ0) is 20.1. The van der Waals surface area contributed by atoms with E-state index in [0.29, 0.717) is 62.1 Å². The summed E-state index contributed by atoms with van der Waals surface area (Å²) in [4.78, 5) is 33.6. The van der Waals surface area contributed by atoms with Crippen LogP contribution in [0.25, 0.3) is 0 Å². The Morgan fingerprint density at radius 1 is 1.25 bits per heavy atom. The van der Waals surface area contributed by atoms with Gasteiger partial charge < -0.3 is 19.1 Å². The summed E-state index contributed by atoms with van der Waals surface area (Å²) in [6.07, 6.45) is 1.06. The second-order valence-electron chi connectivity index (χ2n) is 6.67. The standard InChI is InChI=1S/C20H26N4O4/c1-4-18(25)24-12-8-11-23(13-16(24)19-21-14(3)22-28-19)20(26)15-9-6-7-10-17(15)27-5-2/h6-7,9-10,16H,4-5,8,11-13H2,1-3H3. The van der Waals surface area contributed by atoms with Gasteiger partial charge in [-0.3, -0.25) is 9.59 Å². The quantitative estimate of drug-likeness (QED) is 0.785. The zero-order valence-corrected chi connectivity index (χ0v) is 16.6. The van der Waals surface area contributed by atoms with Gasteiger partial charge in [0, 0.05) is 19.5 Å². The lowest BCUT2D eigenvalue weighted by Crippen LogP contribution is -2.40. The number of amides is 2. The van der Waals surface area contributed by atoms with Crippen LogP contribution in [0.4, 0.5) is 0 Å². The summed E-state index contributed by atoms with van der Waals surface area (Å²) in [7, 11) is 0. The Balaban J connectivity index is 1.91. The molecular weight excluding hydrogens is 360 g/mol. The molecule has 0 radical (unpaired) electrons. The molecule has 0 spiro atoms. The van der Waals surface area contributed by atoms with Crippen LogP contribution in [0.2, 0.25) is 0 Å². The number of benzene rings is 1. The maximum atomic E-state index is 13.3. The molecule has 0 bridgehead atoms. The Bertz CT molecular complexity index is 835. The van der Waals surface area contributed by atoms with Crippen LogP contribution in [-0.2, 0) is 4.79 Å². The second kappa shape index (κ2) is 8.86. The molecule has 2 aromatic rings. The molecule has 150 valence electrons. The number of para-hydroxylation sites is 1. The molecule has 8 heteroatoms. The van der Waals surface area contributed by atoms with E-state index in [4.69, 9.17) is 9.26 Å². The predicted molar refractivity (Wildman–Crippen MR) is 102 cm³/mol. The SMILES string of the molecule is CCOc1ccccc1C(=O)N1CCCN(C(=O)CC)C(c2nc(C)no2)C1. The summed E-state index contributed by atoms with van der Waals surface area (Å²) < 4.78 is 11.0. The average molecular weight is 386 g/mol. The minimum absolute atomic E-state index is 0.00451. The monoisotopic (exact) mass is 386 g/mol. The topological polar surface area (TPSA) is 88.8 Å². The summed E-state index contributed by atoms with van der Waals surface area (Å²) in [6, 6.07) is 6.76. The van der Waals surface area contributed by atoms with E-state index in [0.717, 1.165) is 0 Å². The van der Waals surface area contributed by atoms with Gasteiger partial charge in [0.2, 0.25) is 5.91 Å². The van der Waals surface area contributed by atoms with Gasteiger partial charge >= 0.3 is 0 Å². The van der Waals surface area contributed by atoms with Crippen molar-refractivity contribution in [2.45, 2.75) is 39.7 Å². The summed E-state index contributed by atoms with van der Waals surface area (Å²) in [5, 5.41) is 3.86. The Morgan fingerprint density at radius 3 is 2.71 bits per heavy atom. The summed E-state index contributed by atoms with van der Waals surface area (Å²) in [6.45, 7) is 7.29. The molecule has 2 amide bonds. The van der Waals surface area contributed by atoms with Crippen LogP contribution in [0, 0.1) is 6.92 Å². The van der Waals surface area contributed by atoms with Crippen LogP contribution in [0.3, 0.4) is 0 Å². The van der Waals surface area contributed by atoms with E-state index in [1.54, 1.807) is 28.9 Å². The molecule has 1 unspecified atom stereocenters. The van der Waals surface area contributed by atoms with E-state index >= 15 is 0 Å². The second-order valence-corrected chi connectivity index (χ2v) is 6.67. The van der Waals surface area contributed by atoms with Gasteiger partial charge in [0.15, 0.2) is 5.82 Å². The van der Waals surface area contributed by atoms with E-state index in [-0.39, 0.29) is 11.8 Å². The number of hydrogen-bond donors (Lipinski definition) is 0. The van der Waals surface area contributed by atoms with Crippen LogP contribution < -0.4 is 4.74 Å².